The van der Waals surface area contributed by atoms with Gasteiger partial charge >= 0.3 is 0 Å². The molecule has 0 amide bonds. The third-order valence-corrected chi connectivity index (χ3v) is 11.4. The number of unbranched alkanes of at least 4 members (excludes halogenated alkanes) is 6. The first-order valence-corrected chi connectivity index (χ1v) is 19.3. The average molecular weight is 599 g/mol. The molecule has 0 bridgehead atoms. The van der Waals surface area contributed by atoms with Crippen molar-refractivity contribution in [1.82, 2.24) is 0 Å². The van der Waals surface area contributed by atoms with Crippen LogP contribution in [0.25, 0.3) is 0 Å². The van der Waals surface area contributed by atoms with Crippen LogP contribution in [0.3, 0.4) is 0 Å². The Morgan fingerprint density at radius 3 is 1.25 bits per heavy atom. The topological polar surface area (TPSA) is 17.1 Å². The monoisotopic (exact) mass is 599 g/mol. The predicted octanol–water partition coefficient (Wildman–Crippen LogP) is 13.1. The third-order valence-electron chi connectivity index (χ3n) is 11.4. The maximum atomic E-state index is 12.5. The SMILES string of the molecule is CCCCc1ccc(C2CCC(CCCCCC(=O)CCCCC[C@H]3CC[C@H](c4ccc(CCCC)cc4)CC3)CC2)cc1. The molecular weight excluding hydrogens is 532 g/mol. The largest absolute Gasteiger partial charge is 0.300 e. The first kappa shape index (κ1) is 35.0. The van der Waals surface area contributed by atoms with Gasteiger partial charge in [0.05, 0.1) is 0 Å². The average Bonchev–Trinajstić information content (AvgIpc) is 3.07. The van der Waals surface area contributed by atoms with Crippen molar-refractivity contribution in [3.63, 3.8) is 0 Å². The van der Waals surface area contributed by atoms with E-state index in [9.17, 15) is 4.79 Å². The number of Topliss-reactive ketones (excluding diaryl/α,β-unsaturated/α-hetero) is 1. The summed E-state index contributed by atoms with van der Waals surface area (Å²) in [4.78, 5) is 12.5. The van der Waals surface area contributed by atoms with Crippen LogP contribution in [0.15, 0.2) is 48.5 Å². The maximum absolute atomic E-state index is 12.5. The highest BCUT2D eigenvalue weighted by molar-refractivity contribution is 5.78. The molecule has 0 radical (unpaired) electrons. The number of ketones is 1. The van der Waals surface area contributed by atoms with Crippen LogP contribution in [0, 0.1) is 11.8 Å². The Balaban J connectivity index is 0.956. The second-order valence-electron chi connectivity index (χ2n) is 14.9. The lowest BCUT2D eigenvalue weighted by Crippen LogP contribution is -2.13. The van der Waals surface area contributed by atoms with E-state index in [4.69, 9.17) is 0 Å². The van der Waals surface area contributed by atoms with Gasteiger partial charge in [0.15, 0.2) is 0 Å². The van der Waals surface area contributed by atoms with Crippen LogP contribution < -0.4 is 0 Å². The van der Waals surface area contributed by atoms with Crippen molar-refractivity contribution in [2.75, 3.05) is 0 Å². The summed E-state index contributed by atoms with van der Waals surface area (Å²) < 4.78 is 0. The molecule has 2 aliphatic carbocycles. The van der Waals surface area contributed by atoms with Crippen LogP contribution in [-0.2, 0) is 17.6 Å². The van der Waals surface area contributed by atoms with Gasteiger partial charge in [-0.15, -0.1) is 0 Å². The number of carbonyl (C=O) groups is 1. The minimum atomic E-state index is 0.521. The Kier molecular flexibility index (Phi) is 16.1. The fourth-order valence-electron chi connectivity index (χ4n) is 8.23. The van der Waals surface area contributed by atoms with Gasteiger partial charge in [-0.05, 0) is 136 Å². The molecule has 0 atom stereocenters. The minimum absolute atomic E-state index is 0.521. The number of hydrogen-bond acceptors (Lipinski definition) is 1. The molecule has 2 aromatic carbocycles. The molecule has 1 heteroatoms. The first-order chi connectivity index (χ1) is 21.6. The summed E-state index contributed by atoms with van der Waals surface area (Å²) in [5, 5.41) is 0. The molecule has 0 N–H and O–H groups in total. The molecule has 0 saturated heterocycles. The molecule has 2 aromatic rings. The van der Waals surface area contributed by atoms with Crippen molar-refractivity contribution in [2.45, 2.75) is 180 Å². The lowest BCUT2D eigenvalue weighted by Gasteiger charge is -2.29. The van der Waals surface area contributed by atoms with Crippen molar-refractivity contribution in [2.24, 2.45) is 11.8 Å². The quantitative estimate of drug-likeness (QED) is 0.139. The molecule has 2 fully saturated rings. The highest BCUT2D eigenvalue weighted by Crippen LogP contribution is 2.39. The Bertz CT molecular complexity index is 934. The van der Waals surface area contributed by atoms with Gasteiger partial charge in [0.1, 0.15) is 5.78 Å². The van der Waals surface area contributed by atoms with Gasteiger partial charge in [-0.2, -0.15) is 0 Å². The summed E-state index contributed by atoms with van der Waals surface area (Å²) in [6.45, 7) is 4.55. The summed E-state index contributed by atoms with van der Waals surface area (Å²) >= 11 is 0. The van der Waals surface area contributed by atoms with Crippen molar-refractivity contribution in [3.8, 4) is 0 Å². The molecule has 0 unspecified atom stereocenters. The van der Waals surface area contributed by atoms with Gasteiger partial charge in [-0.1, -0.05) is 114 Å². The van der Waals surface area contributed by atoms with Crippen molar-refractivity contribution in [1.29, 1.82) is 0 Å². The fourth-order valence-corrected chi connectivity index (χ4v) is 8.23. The van der Waals surface area contributed by atoms with Crippen molar-refractivity contribution in [3.05, 3.63) is 70.8 Å². The lowest BCUT2D eigenvalue weighted by atomic mass is 9.77. The number of hydrogen-bond donors (Lipinski definition) is 0. The molecule has 0 aliphatic heterocycles. The molecule has 2 aliphatic rings. The highest BCUT2D eigenvalue weighted by Gasteiger charge is 2.23. The Hall–Kier alpha value is -1.89. The summed E-state index contributed by atoms with van der Waals surface area (Å²) in [6.07, 6.45) is 30.4. The second-order valence-corrected chi connectivity index (χ2v) is 14.9. The molecule has 0 heterocycles. The van der Waals surface area contributed by atoms with E-state index in [2.05, 4.69) is 62.4 Å². The maximum Gasteiger partial charge on any atom is 0.132 e. The number of rotatable bonds is 20. The van der Waals surface area contributed by atoms with E-state index in [0.717, 1.165) is 49.4 Å². The van der Waals surface area contributed by atoms with Crippen LogP contribution in [-0.4, -0.2) is 5.78 Å². The first-order valence-electron chi connectivity index (χ1n) is 19.3. The molecule has 0 spiro atoms. The smallest absolute Gasteiger partial charge is 0.132 e. The van der Waals surface area contributed by atoms with E-state index < -0.39 is 0 Å². The van der Waals surface area contributed by atoms with E-state index >= 15 is 0 Å². The van der Waals surface area contributed by atoms with E-state index in [1.165, 1.54) is 140 Å². The van der Waals surface area contributed by atoms with E-state index in [0.29, 0.717) is 5.78 Å². The van der Waals surface area contributed by atoms with Gasteiger partial charge in [-0.3, -0.25) is 4.79 Å². The lowest BCUT2D eigenvalue weighted by molar-refractivity contribution is -0.119. The van der Waals surface area contributed by atoms with Gasteiger partial charge in [0.25, 0.3) is 0 Å². The number of aryl methyl sites for hydroxylation is 2. The normalized spacial score (nSPS) is 22.2. The zero-order chi connectivity index (χ0) is 30.8. The van der Waals surface area contributed by atoms with Gasteiger partial charge in [0, 0.05) is 12.8 Å². The number of benzene rings is 2. The third kappa shape index (κ3) is 12.5. The molecule has 0 aromatic heterocycles. The zero-order valence-corrected chi connectivity index (χ0v) is 28.8. The fraction of sp³-hybridized carbons (Fsp3) is 0.698. The Labute approximate surface area is 272 Å². The summed E-state index contributed by atoms with van der Waals surface area (Å²) in [5.74, 6) is 3.92. The van der Waals surface area contributed by atoms with Gasteiger partial charge in [0.2, 0.25) is 0 Å². The second kappa shape index (κ2) is 20.3. The van der Waals surface area contributed by atoms with E-state index in [1.807, 2.05) is 0 Å². The Morgan fingerprint density at radius 1 is 0.500 bits per heavy atom. The summed E-state index contributed by atoms with van der Waals surface area (Å²) in [6, 6.07) is 19.1. The van der Waals surface area contributed by atoms with Gasteiger partial charge < -0.3 is 0 Å². The molecule has 1 nitrogen and oxygen atoms in total. The van der Waals surface area contributed by atoms with Crippen LogP contribution in [0.2, 0.25) is 0 Å². The summed E-state index contributed by atoms with van der Waals surface area (Å²) in [5.41, 5.74) is 6.16. The zero-order valence-electron chi connectivity index (χ0n) is 28.8. The van der Waals surface area contributed by atoms with Crippen LogP contribution >= 0.6 is 0 Å². The molecular formula is C43H66O. The molecule has 44 heavy (non-hydrogen) atoms. The predicted molar refractivity (Wildman–Crippen MR) is 191 cm³/mol. The standard InChI is InChI=1S/C43H66O/c1-3-5-13-35-19-27-39(28-20-35)41-31-23-37(24-32-41)15-9-7-11-17-43(44)18-12-8-10-16-38-25-33-42(34-26-38)40-29-21-36(22-30-40)14-6-4-2/h19-22,27-30,37-38,41-42H,3-18,23-26,31-34H2,1-2H3/t37-,38?,41-,42?. The van der Waals surface area contributed by atoms with Crippen LogP contribution in [0.1, 0.15) is 189 Å². The van der Waals surface area contributed by atoms with Crippen LogP contribution in [0.5, 0.6) is 0 Å². The molecule has 2 saturated carbocycles. The van der Waals surface area contributed by atoms with E-state index in [-0.39, 0.29) is 0 Å². The molecule has 244 valence electrons. The van der Waals surface area contributed by atoms with E-state index in [1.54, 1.807) is 11.1 Å². The van der Waals surface area contributed by atoms with Crippen molar-refractivity contribution >= 4 is 5.78 Å². The van der Waals surface area contributed by atoms with Gasteiger partial charge in [-0.25, -0.2) is 0 Å². The number of carbonyl (C=O) groups excluding carboxylic acids is 1. The summed E-state index contributed by atoms with van der Waals surface area (Å²) in [7, 11) is 0. The van der Waals surface area contributed by atoms with Crippen molar-refractivity contribution < 1.29 is 4.79 Å². The molecule has 4 rings (SSSR count). The highest BCUT2D eigenvalue weighted by atomic mass is 16.1. The minimum Gasteiger partial charge on any atom is -0.300 e. The van der Waals surface area contributed by atoms with Crippen LogP contribution in [0.4, 0.5) is 0 Å². The Morgan fingerprint density at radius 2 is 0.886 bits per heavy atom.